The summed E-state index contributed by atoms with van der Waals surface area (Å²) in [4.78, 5) is 0. The summed E-state index contributed by atoms with van der Waals surface area (Å²) in [7, 11) is 0. The number of nitrogens with two attached hydrogens (primary N) is 1. The van der Waals surface area contributed by atoms with Gasteiger partial charge in [0, 0.05) is 16.1 Å². The highest BCUT2D eigenvalue weighted by atomic mass is 79.9. The number of aryl methyl sites for hydroxylation is 1. The molecular formula is C17H16BrClFN. The van der Waals surface area contributed by atoms with E-state index in [4.69, 9.17) is 17.3 Å². The van der Waals surface area contributed by atoms with Gasteiger partial charge in [0.05, 0.1) is 5.02 Å². The van der Waals surface area contributed by atoms with Gasteiger partial charge in [-0.3, -0.25) is 0 Å². The van der Waals surface area contributed by atoms with E-state index >= 15 is 0 Å². The quantitative estimate of drug-likeness (QED) is 0.738. The van der Waals surface area contributed by atoms with Crippen LogP contribution in [0, 0.1) is 11.7 Å². The van der Waals surface area contributed by atoms with Gasteiger partial charge in [-0.1, -0.05) is 35.9 Å². The van der Waals surface area contributed by atoms with E-state index in [0.29, 0.717) is 15.1 Å². The molecule has 1 nitrogen and oxygen atoms in total. The molecule has 21 heavy (non-hydrogen) atoms. The van der Waals surface area contributed by atoms with Crippen LogP contribution in [0.1, 0.15) is 29.2 Å². The van der Waals surface area contributed by atoms with Crippen LogP contribution in [0.25, 0.3) is 0 Å². The van der Waals surface area contributed by atoms with Crippen LogP contribution in [-0.4, -0.2) is 0 Å². The number of rotatable bonds is 2. The molecule has 1 aliphatic carbocycles. The second-order valence-corrected chi connectivity index (χ2v) is 6.85. The molecule has 0 heterocycles. The zero-order chi connectivity index (χ0) is 15.0. The van der Waals surface area contributed by atoms with Gasteiger partial charge < -0.3 is 5.73 Å². The van der Waals surface area contributed by atoms with Gasteiger partial charge in [0.25, 0.3) is 0 Å². The van der Waals surface area contributed by atoms with Gasteiger partial charge in [0.15, 0.2) is 0 Å². The molecule has 1 aliphatic rings. The summed E-state index contributed by atoms with van der Waals surface area (Å²) in [6, 6.07) is 11.1. The lowest BCUT2D eigenvalue weighted by Crippen LogP contribution is -2.27. The Balaban J connectivity index is 1.87. The molecule has 0 aliphatic heterocycles. The van der Waals surface area contributed by atoms with E-state index in [1.165, 1.54) is 17.2 Å². The Morgan fingerprint density at radius 1 is 1.24 bits per heavy atom. The summed E-state index contributed by atoms with van der Waals surface area (Å²) < 4.78 is 14.7. The average molecular weight is 369 g/mol. The summed E-state index contributed by atoms with van der Waals surface area (Å²) in [5.41, 5.74) is 9.55. The normalized spacial score (nSPS) is 19.1. The van der Waals surface area contributed by atoms with Crippen molar-refractivity contribution in [3.8, 4) is 0 Å². The van der Waals surface area contributed by atoms with Crippen LogP contribution in [-0.2, 0) is 12.8 Å². The first-order valence-electron chi connectivity index (χ1n) is 7.03. The van der Waals surface area contributed by atoms with E-state index in [0.717, 1.165) is 19.3 Å². The fourth-order valence-corrected chi connectivity index (χ4v) is 3.57. The zero-order valence-corrected chi connectivity index (χ0v) is 13.8. The summed E-state index contributed by atoms with van der Waals surface area (Å²) in [6.45, 7) is 0. The van der Waals surface area contributed by atoms with Crippen LogP contribution < -0.4 is 5.73 Å². The SMILES string of the molecule is NC(c1cc(Cl)c(Br)cc1F)C1CCc2ccccc2C1. The molecule has 0 amide bonds. The van der Waals surface area contributed by atoms with Gasteiger partial charge in [-0.05, 0) is 64.4 Å². The Hall–Kier alpha value is -0.900. The second-order valence-electron chi connectivity index (χ2n) is 5.59. The Kier molecular flexibility index (Phi) is 4.34. The summed E-state index contributed by atoms with van der Waals surface area (Å²) in [5.74, 6) is -0.0516. The third kappa shape index (κ3) is 3.01. The maximum absolute atomic E-state index is 14.2. The number of hydrogen-bond donors (Lipinski definition) is 1. The van der Waals surface area contributed by atoms with Crippen molar-refractivity contribution in [3.05, 3.63) is 68.4 Å². The van der Waals surface area contributed by atoms with E-state index in [1.54, 1.807) is 6.07 Å². The van der Waals surface area contributed by atoms with Gasteiger partial charge in [-0.2, -0.15) is 0 Å². The van der Waals surface area contributed by atoms with Crippen molar-refractivity contribution in [1.29, 1.82) is 0 Å². The number of hydrogen-bond acceptors (Lipinski definition) is 1. The van der Waals surface area contributed by atoms with Gasteiger partial charge >= 0.3 is 0 Å². The molecule has 3 rings (SSSR count). The molecule has 2 atom stereocenters. The van der Waals surface area contributed by atoms with Crippen molar-refractivity contribution in [2.75, 3.05) is 0 Å². The van der Waals surface area contributed by atoms with Crippen LogP contribution in [0.5, 0.6) is 0 Å². The predicted molar refractivity (Wildman–Crippen MR) is 88.0 cm³/mol. The highest BCUT2D eigenvalue weighted by Crippen LogP contribution is 2.36. The average Bonchev–Trinajstić information content (AvgIpc) is 2.50. The number of fused-ring (bicyclic) bond motifs is 1. The zero-order valence-electron chi connectivity index (χ0n) is 11.5. The molecule has 110 valence electrons. The molecule has 2 aromatic carbocycles. The Bertz CT molecular complexity index is 674. The van der Waals surface area contributed by atoms with E-state index in [1.807, 2.05) is 6.07 Å². The molecule has 0 aromatic heterocycles. The molecule has 0 radical (unpaired) electrons. The minimum Gasteiger partial charge on any atom is -0.324 e. The van der Waals surface area contributed by atoms with Crippen molar-refractivity contribution in [3.63, 3.8) is 0 Å². The molecule has 0 fully saturated rings. The third-order valence-corrected chi connectivity index (χ3v) is 5.49. The molecule has 0 saturated carbocycles. The predicted octanol–water partition coefficient (Wildman–Crippen LogP) is 5.05. The van der Waals surface area contributed by atoms with Crippen LogP contribution in [0.4, 0.5) is 4.39 Å². The first-order valence-corrected chi connectivity index (χ1v) is 8.20. The van der Waals surface area contributed by atoms with Gasteiger partial charge in [-0.25, -0.2) is 4.39 Å². The van der Waals surface area contributed by atoms with Gasteiger partial charge in [0.1, 0.15) is 5.82 Å². The number of halogens is 3. The highest BCUT2D eigenvalue weighted by molar-refractivity contribution is 9.10. The van der Waals surface area contributed by atoms with Crippen LogP contribution in [0.15, 0.2) is 40.9 Å². The molecule has 0 bridgehead atoms. The van der Waals surface area contributed by atoms with Crippen molar-refractivity contribution in [2.45, 2.75) is 25.3 Å². The first kappa shape index (κ1) is 15.0. The van der Waals surface area contributed by atoms with Crippen LogP contribution in [0.3, 0.4) is 0 Å². The third-order valence-electron chi connectivity index (χ3n) is 4.29. The van der Waals surface area contributed by atoms with E-state index < -0.39 is 0 Å². The molecular weight excluding hydrogens is 353 g/mol. The summed E-state index contributed by atoms with van der Waals surface area (Å²) in [5, 5.41) is 0.498. The molecule has 2 N–H and O–H groups in total. The van der Waals surface area contributed by atoms with Crippen molar-refractivity contribution in [1.82, 2.24) is 0 Å². The van der Waals surface area contributed by atoms with Crippen molar-refractivity contribution in [2.24, 2.45) is 11.7 Å². The van der Waals surface area contributed by atoms with Crippen molar-refractivity contribution >= 4 is 27.5 Å². The minimum absolute atomic E-state index is 0.242. The molecule has 4 heteroatoms. The standard InChI is InChI=1S/C17H16BrClFN/c18-14-9-16(20)13(8-15(14)19)17(21)12-6-5-10-3-1-2-4-11(10)7-12/h1-4,8-9,12,17H,5-7,21H2. The number of benzene rings is 2. The molecule has 2 unspecified atom stereocenters. The summed E-state index contributed by atoms with van der Waals surface area (Å²) >= 11 is 9.31. The van der Waals surface area contributed by atoms with Crippen LogP contribution >= 0.6 is 27.5 Å². The molecule has 0 saturated heterocycles. The maximum atomic E-state index is 14.2. The maximum Gasteiger partial charge on any atom is 0.129 e. The van der Waals surface area contributed by atoms with E-state index in [2.05, 4.69) is 34.1 Å². The largest absolute Gasteiger partial charge is 0.324 e. The Morgan fingerprint density at radius 3 is 2.71 bits per heavy atom. The lowest BCUT2D eigenvalue weighted by molar-refractivity contribution is 0.373. The smallest absolute Gasteiger partial charge is 0.129 e. The first-order chi connectivity index (χ1) is 10.1. The second kappa shape index (κ2) is 6.07. The topological polar surface area (TPSA) is 26.0 Å². The van der Waals surface area contributed by atoms with E-state index in [-0.39, 0.29) is 17.8 Å². The van der Waals surface area contributed by atoms with E-state index in [9.17, 15) is 4.39 Å². The molecule has 0 spiro atoms. The lowest BCUT2D eigenvalue weighted by Gasteiger charge is -2.30. The monoisotopic (exact) mass is 367 g/mol. The summed E-state index contributed by atoms with van der Waals surface area (Å²) in [6.07, 6.45) is 2.87. The Morgan fingerprint density at radius 2 is 1.95 bits per heavy atom. The minimum atomic E-state index is -0.330. The fraction of sp³-hybridized carbons (Fsp3) is 0.294. The molecule has 2 aromatic rings. The van der Waals surface area contributed by atoms with Gasteiger partial charge in [-0.15, -0.1) is 0 Å². The van der Waals surface area contributed by atoms with Crippen molar-refractivity contribution < 1.29 is 4.39 Å². The Labute approximate surface area is 137 Å². The lowest BCUT2D eigenvalue weighted by atomic mass is 9.78. The van der Waals surface area contributed by atoms with Crippen LogP contribution in [0.2, 0.25) is 5.02 Å². The fourth-order valence-electron chi connectivity index (χ4n) is 3.08. The highest BCUT2D eigenvalue weighted by Gasteiger charge is 2.27. The van der Waals surface area contributed by atoms with Gasteiger partial charge in [0.2, 0.25) is 0 Å².